The van der Waals surface area contributed by atoms with Crippen molar-refractivity contribution in [2.45, 2.75) is 25.3 Å². The second kappa shape index (κ2) is 6.28. The maximum atomic E-state index is 9.55. The van der Waals surface area contributed by atoms with Crippen LogP contribution in [-0.2, 0) is 0 Å². The lowest BCUT2D eigenvalue weighted by molar-refractivity contribution is 0.187. The van der Waals surface area contributed by atoms with Crippen LogP contribution in [0.2, 0.25) is 0 Å². The third-order valence-corrected chi connectivity index (χ3v) is 4.39. The Kier molecular flexibility index (Phi) is 4.20. The molecule has 0 radical (unpaired) electrons. The van der Waals surface area contributed by atoms with Gasteiger partial charge in [0.1, 0.15) is 5.75 Å². The van der Waals surface area contributed by atoms with E-state index in [1.807, 2.05) is 24.3 Å². The summed E-state index contributed by atoms with van der Waals surface area (Å²) in [4.78, 5) is 2.49. The summed E-state index contributed by atoms with van der Waals surface area (Å²) in [6.45, 7) is 2.16. The van der Waals surface area contributed by atoms with Crippen molar-refractivity contribution in [3.8, 4) is 5.75 Å². The zero-order chi connectivity index (χ0) is 15.5. The van der Waals surface area contributed by atoms with Crippen molar-refractivity contribution in [2.75, 3.05) is 24.6 Å². The van der Waals surface area contributed by atoms with Gasteiger partial charge in [0.25, 0.3) is 0 Å². The standard InChI is InChI=1S/C18H23N3O/c19-16-9-6-14(12-17(16)20)18(21-10-2-1-3-11-21)13-4-7-15(22)8-5-13/h4-9,12,18,22H,1-3,10-11,19-20H2. The summed E-state index contributed by atoms with van der Waals surface area (Å²) >= 11 is 0. The number of nitrogen functional groups attached to an aromatic ring is 2. The molecule has 116 valence electrons. The summed E-state index contributed by atoms with van der Waals surface area (Å²) in [5.41, 5.74) is 15.4. The van der Waals surface area contributed by atoms with Gasteiger partial charge in [0.2, 0.25) is 0 Å². The first kappa shape index (κ1) is 14.7. The van der Waals surface area contributed by atoms with Crippen LogP contribution in [0.3, 0.4) is 0 Å². The van der Waals surface area contributed by atoms with E-state index in [0.717, 1.165) is 18.7 Å². The van der Waals surface area contributed by atoms with E-state index in [2.05, 4.69) is 11.0 Å². The number of nitrogens with zero attached hydrogens (tertiary/aromatic N) is 1. The second-order valence-corrected chi connectivity index (χ2v) is 5.98. The number of anilines is 2. The molecule has 0 aromatic heterocycles. The summed E-state index contributed by atoms with van der Waals surface area (Å²) in [5, 5.41) is 9.55. The normalized spacial score (nSPS) is 17.3. The van der Waals surface area contributed by atoms with Crippen molar-refractivity contribution in [3.63, 3.8) is 0 Å². The van der Waals surface area contributed by atoms with Crippen molar-refractivity contribution < 1.29 is 5.11 Å². The van der Waals surface area contributed by atoms with E-state index in [4.69, 9.17) is 11.5 Å². The van der Waals surface area contributed by atoms with E-state index in [1.54, 1.807) is 12.1 Å². The molecule has 1 heterocycles. The van der Waals surface area contributed by atoms with Crippen LogP contribution in [0, 0.1) is 0 Å². The largest absolute Gasteiger partial charge is 0.508 e. The molecule has 1 aliphatic heterocycles. The number of hydrogen-bond donors (Lipinski definition) is 3. The molecule has 2 aromatic carbocycles. The average Bonchev–Trinajstić information content (AvgIpc) is 2.54. The molecule has 0 saturated carbocycles. The number of aromatic hydroxyl groups is 1. The summed E-state index contributed by atoms with van der Waals surface area (Å²) < 4.78 is 0. The van der Waals surface area contributed by atoms with Crippen LogP contribution < -0.4 is 11.5 Å². The molecule has 0 bridgehead atoms. The molecule has 4 nitrogen and oxygen atoms in total. The molecular weight excluding hydrogens is 274 g/mol. The molecule has 2 aromatic rings. The minimum atomic E-state index is 0.156. The van der Waals surface area contributed by atoms with Crippen LogP contribution in [0.5, 0.6) is 5.75 Å². The number of nitrogens with two attached hydrogens (primary N) is 2. The van der Waals surface area contributed by atoms with Crippen LogP contribution in [0.15, 0.2) is 42.5 Å². The Hall–Kier alpha value is -2.20. The molecule has 1 aliphatic rings. The number of rotatable bonds is 3. The van der Waals surface area contributed by atoms with E-state index in [1.165, 1.54) is 24.8 Å². The van der Waals surface area contributed by atoms with Gasteiger partial charge in [-0.15, -0.1) is 0 Å². The van der Waals surface area contributed by atoms with Crippen molar-refractivity contribution >= 4 is 11.4 Å². The van der Waals surface area contributed by atoms with Gasteiger partial charge in [-0.2, -0.15) is 0 Å². The number of phenolic OH excluding ortho intramolecular Hbond substituents is 1. The molecule has 1 unspecified atom stereocenters. The minimum absolute atomic E-state index is 0.156. The van der Waals surface area contributed by atoms with Crippen molar-refractivity contribution in [1.82, 2.24) is 4.90 Å². The fraction of sp³-hybridized carbons (Fsp3) is 0.333. The van der Waals surface area contributed by atoms with Crippen LogP contribution in [-0.4, -0.2) is 23.1 Å². The Morgan fingerprint density at radius 3 is 2.09 bits per heavy atom. The lowest BCUT2D eigenvalue weighted by Crippen LogP contribution is -2.34. The van der Waals surface area contributed by atoms with Crippen molar-refractivity contribution in [1.29, 1.82) is 0 Å². The number of piperidine rings is 1. The number of benzene rings is 2. The molecule has 0 spiro atoms. The summed E-state index contributed by atoms with van der Waals surface area (Å²) in [7, 11) is 0. The fourth-order valence-corrected chi connectivity index (χ4v) is 3.21. The minimum Gasteiger partial charge on any atom is -0.508 e. The van der Waals surface area contributed by atoms with E-state index in [9.17, 15) is 5.11 Å². The van der Waals surface area contributed by atoms with Gasteiger partial charge in [-0.3, -0.25) is 4.90 Å². The SMILES string of the molecule is Nc1ccc(C(c2ccc(O)cc2)N2CCCCC2)cc1N. The molecule has 0 amide bonds. The first-order valence-corrected chi connectivity index (χ1v) is 7.83. The monoisotopic (exact) mass is 297 g/mol. The summed E-state index contributed by atoms with van der Waals surface area (Å²) in [6.07, 6.45) is 3.74. The Balaban J connectivity index is 2.01. The van der Waals surface area contributed by atoms with Gasteiger partial charge in [-0.25, -0.2) is 0 Å². The predicted molar refractivity (Wildman–Crippen MR) is 90.6 cm³/mol. The van der Waals surface area contributed by atoms with Gasteiger partial charge in [-0.1, -0.05) is 24.6 Å². The molecule has 0 aliphatic carbocycles. The Labute approximate surface area is 131 Å². The third kappa shape index (κ3) is 3.02. The van der Waals surface area contributed by atoms with Gasteiger partial charge in [0, 0.05) is 0 Å². The topological polar surface area (TPSA) is 75.5 Å². The Bertz CT molecular complexity index is 633. The molecule has 5 N–H and O–H groups in total. The van der Waals surface area contributed by atoms with Crippen molar-refractivity contribution in [2.24, 2.45) is 0 Å². The van der Waals surface area contributed by atoms with E-state index < -0.39 is 0 Å². The van der Waals surface area contributed by atoms with Crippen LogP contribution >= 0.6 is 0 Å². The molecule has 1 atom stereocenters. The first-order valence-electron chi connectivity index (χ1n) is 7.83. The molecular formula is C18H23N3O. The quantitative estimate of drug-likeness (QED) is 0.761. The lowest BCUT2D eigenvalue weighted by Gasteiger charge is -2.35. The zero-order valence-electron chi connectivity index (χ0n) is 12.7. The molecule has 1 fully saturated rings. The zero-order valence-corrected chi connectivity index (χ0v) is 12.7. The van der Waals surface area contributed by atoms with Gasteiger partial charge in [0.15, 0.2) is 0 Å². The highest BCUT2D eigenvalue weighted by atomic mass is 16.3. The Morgan fingerprint density at radius 2 is 1.45 bits per heavy atom. The molecule has 3 rings (SSSR count). The molecule has 4 heteroatoms. The maximum Gasteiger partial charge on any atom is 0.115 e. The van der Waals surface area contributed by atoms with E-state index in [0.29, 0.717) is 11.4 Å². The fourth-order valence-electron chi connectivity index (χ4n) is 3.21. The summed E-state index contributed by atoms with van der Waals surface area (Å²) in [6, 6.07) is 13.5. The van der Waals surface area contributed by atoms with E-state index >= 15 is 0 Å². The van der Waals surface area contributed by atoms with Crippen LogP contribution in [0.25, 0.3) is 0 Å². The average molecular weight is 297 g/mol. The van der Waals surface area contributed by atoms with Gasteiger partial charge < -0.3 is 16.6 Å². The Morgan fingerprint density at radius 1 is 0.818 bits per heavy atom. The van der Waals surface area contributed by atoms with Gasteiger partial charge in [-0.05, 0) is 61.3 Å². The number of hydrogen-bond acceptors (Lipinski definition) is 4. The highest BCUT2D eigenvalue weighted by Gasteiger charge is 2.24. The smallest absolute Gasteiger partial charge is 0.115 e. The third-order valence-electron chi connectivity index (χ3n) is 4.39. The molecule has 1 saturated heterocycles. The van der Waals surface area contributed by atoms with Crippen LogP contribution in [0.1, 0.15) is 36.4 Å². The van der Waals surface area contributed by atoms with Crippen molar-refractivity contribution in [3.05, 3.63) is 53.6 Å². The number of likely N-dealkylation sites (tertiary alicyclic amines) is 1. The van der Waals surface area contributed by atoms with E-state index in [-0.39, 0.29) is 11.8 Å². The second-order valence-electron chi connectivity index (χ2n) is 5.98. The lowest BCUT2D eigenvalue weighted by atomic mass is 9.94. The maximum absolute atomic E-state index is 9.55. The van der Waals surface area contributed by atoms with Gasteiger partial charge in [0.05, 0.1) is 17.4 Å². The molecule has 22 heavy (non-hydrogen) atoms. The summed E-state index contributed by atoms with van der Waals surface area (Å²) in [5.74, 6) is 0.290. The predicted octanol–water partition coefficient (Wildman–Crippen LogP) is 3.13. The first-order chi connectivity index (χ1) is 10.6. The van der Waals surface area contributed by atoms with Crippen LogP contribution in [0.4, 0.5) is 11.4 Å². The van der Waals surface area contributed by atoms with Gasteiger partial charge >= 0.3 is 0 Å². The highest BCUT2D eigenvalue weighted by Crippen LogP contribution is 2.33. The highest BCUT2D eigenvalue weighted by molar-refractivity contribution is 5.64. The number of phenols is 1.